The van der Waals surface area contributed by atoms with Gasteiger partial charge in [0, 0.05) is 5.57 Å². The maximum absolute atomic E-state index is 13.6. The quantitative estimate of drug-likeness (QED) is 0.592. The van der Waals surface area contributed by atoms with E-state index < -0.39 is 11.8 Å². The average molecular weight is 234 g/mol. The molecular formula is C12H14F4. The van der Waals surface area contributed by atoms with Gasteiger partial charge in [-0.25, -0.2) is 0 Å². The molecule has 0 aliphatic heterocycles. The lowest BCUT2D eigenvalue weighted by atomic mass is 9.78. The zero-order valence-electron chi connectivity index (χ0n) is 8.86. The highest BCUT2D eigenvalue weighted by Crippen LogP contribution is 2.48. The van der Waals surface area contributed by atoms with Crippen LogP contribution < -0.4 is 0 Å². The summed E-state index contributed by atoms with van der Waals surface area (Å²) in [5, 5.41) is 0. The molecule has 0 aromatic carbocycles. The summed E-state index contributed by atoms with van der Waals surface area (Å²) in [6, 6.07) is 0. The van der Waals surface area contributed by atoms with Gasteiger partial charge in [-0.05, 0) is 24.8 Å². The minimum Gasteiger partial charge on any atom is -0.195 e. The van der Waals surface area contributed by atoms with E-state index in [0.717, 1.165) is 25.3 Å². The van der Waals surface area contributed by atoms with Gasteiger partial charge in [-0.15, -0.1) is 0 Å². The van der Waals surface area contributed by atoms with Crippen LogP contribution >= 0.6 is 0 Å². The average Bonchev–Trinajstić information content (AvgIpc) is 2.23. The van der Waals surface area contributed by atoms with Gasteiger partial charge in [-0.1, -0.05) is 31.4 Å². The number of rotatable bonds is 1. The molecule has 0 atom stereocenters. The van der Waals surface area contributed by atoms with Crippen molar-refractivity contribution in [2.24, 2.45) is 5.92 Å². The summed E-state index contributed by atoms with van der Waals surface area (Å²) in [6.07, 6.45) is 6.45. The minimum absolute atomic E-state index is 0.291. The van der Waals surface area contributed by atoms with Crippen molar-refractivity contribution in [3.05, 3.63) is 23.8 Å². The minimum atomic E-state index is -4.03. The van der Waals surface area contributed by atoms with Crippen molar-refractivity contribution in [2.75, 3.05) is 0 Å². The van der Waals surface area contributed by atoms with Crippen LogP contribution in [0.4, 0.5) is 17.6 Å². The Morgan fingerprint density at radius 1 is 1.00 bits per heavy atom. The van der Waals surface area contributed by atoms with E-state index in [0.29, 0.717) is 18.9 Å². The lowest BCUT2D eigenvalue weighted by molar-refractivity contribution is -0.160. The fourth-order valence-electron chi connectivity index (χ4n) is 2.48. The summed E-state index contributed by atoms with van der Waals surface area (Å²) in [5.41, 5.74) is -0.375. The van der Waals surface area contributed by atoms with Gasteiger partial charge < -0.3 is 0 Å². The molecule has 0 saturated heterocycles. The van der Waals surface area contributed by atoms with E-state index in [-0.39, 0.29) is 11.5 Å². The van der Waals surface area contributed by atoms with E-state index in [9.17, 15) is 17.6 Å². The predicted molar refractivity (Wildman–Crippen MR) is 53.7 cm³/mol. The van der Waals surface area contributed by atoms with Crippen molar-refractivity contribution in [1.82, 2.24) is 0 Å². The first-order chi connectivity index (χ1) is 7.45. The third kappa shape index (κ3) is 1.78. The lowest BCUT2D eigenvalue weighted by Gasteiger charge is -2.34. The highest BCUT2D eigenvalue weighted by atomic mass is 19.3. The molecule has 1 fully saturated rings. The molecule has 90 valence electrons. The molecule has 0 spiro atoms. The molecule has 2 aliphatic carbocycles. The molecule has 0 heterocycles. The Bertz CT molecular complexity index is 322. The van der Waals surface area contributed by atoms with Crippen molar-refractivity contribution < 1.29 is 17.6 Å². The van der Waals surface area contributed by atoms with Gasteiger partial charge in [0.25, 0.3) is 0 Å². The Balaban J connectivity index is 2.26. The molecule has 4 heteroatoms. The molecule has 0 aromatic heterocycles. The first kappa shape index (κ1) is 11.7. The van der Waals surface area contributed by atoms with E-state index in [1.807, 2.05) is 0 Å². The van der Waals surface area contributed by atoms with Gasteiger partial charge in [-0.3, -0.25) is 0 Å². The second kappa shape index (κ2) is 3.90. The van der Waals surface area contributed by atoms with Crippen LogP contribution in [-0.2, 0) is 0 Å². The van der Waals surface area contributed by atoms with Crippen molar-refractivity contribution in [2.45, 2.75) is 43.9 Å². The largest absolute Gasteiger partial charge is 0.335 e. The second-order valence-corrected chi connectivity index (χ2v) is 4.51. The highest BCUT2D eigenvalue weighted by molar-refractivity contribution is 5.33. The molecule has 0 amide bonds. The molecule has 0 bridgehead atoms. The Hall–Kier alpha value is -0.800. The van der Waals surface area contributed by atoms with Crippen LogP contribution in [0.25, 0.3) is 0 Å². The molecule has 0 aromatic rings. The topological polar surface area (TPSA) is 0 Å². The smallest absolute Gasteiger partial charge is 0.195 e. The number of hydrogen-bond acceptors (Lipinski definition) is 0. The standard InChI is InChI=1S/C12H14F4/c13-11(14)8-4-7-10(12(11,15)16)9-5-2-1-3-6-9/h4,7-9H,1-3,5-6H2. The van der Waals surface area contributed by atoms with Gasteiger partial charge >= 0.3 is 11.8 Å². The van der Waals surface area contributed by atoms with Crippen LogP contribution in [-0.4, -0.2) is 11.8 Å². The van der Waals surface area contributed by atoms with Gasteiger partial charge in [-0.2, -0.15) is 17.6 Å². The number of allylic oxidation sites excluding steroid dienone is 4. The SMILES string of the molecule is FC1(F)C=CC=C(C2CCCCC2)C1(F)F. The van der Waals surface area contributed by atoms with Crippen LogP contribution in [0, 0.1) is 5.92 Å². The van der Waals surface area contributed by atoms with E-state index in [1.165, 1.54) is 6.08 Å². The van der Waals surface area contributed by atoms with Crippen LogP contribution in [0.3, 0.4) is 0 Å². The maximum atomic E-state index is 13.6. The van der Waals surface area contributed by atoms with Gasteiger partial charge in [0.05, 0.1) is 0 Å². The summed E-state index contributed by atoms with van der Waals surface area (Å²) in [6.45, 7) is 0. The van der Waals surface area contributed by atoms with Gasteiger partial charge in [0.2, 0.25) is 0 Å². The molecule has 1 saturated carbocycles. The van der Waals surface area contributed by atoms with Crippen LogP contribution in [0.15, 0.2) is 23.8 Å². The van der Waals surface area contributed by atoms with Gasteiger partial charge in [0.15, 0.2) is 0 Å². The molecule has 0 radical (unpaired) electrons. The van der Waals surface area contributed by atoms with Crippen molar-refractivity contribution in [3.63, 3.8) is 0 Å². The third-order valence-electron chi connectivity index (χ3n) is 3.41. The van der Waals surface area contributed by atoms with Gasteiger partial charge in [0.1, 0.15) is 0 Å². The Morgan fingerprint density at radius 2 is 1.62 bits per heavy atom. The number of alkyl halides is 4. The number of halogens is 4. The summed E-state index contributed by atoms with van der Waals surface area (Å²) < 4.78 is 53.3. The van der Waals surface area contributed by atoms with E-state index in [2.05, 4.69) is 0 Å². The van der Waals surface area contributed by atoms with Crippen LogP contribution in [0.1, 0.15) is 32.1 Å². The van der Waals surface area contributed by atoms with Crippen LogP contribution in [0.2, 0.25) is 0 Å². The Kier molecular flexibility index (Phi) is 2.84. The van der Waals surface area contributed by atoms with Crippen molar-refractivity contribution >= 4 is 0 Å². The zero-order chi connectivity index (χ0) is 11.8. The summed E-state index contributed by atoms with van der Waals surface area (Å²) >= 11 is 0. The second-order valence-electron chi connectivity index (χ2n) is 4.51. The number of hydrogen-bond donors (Lipinski definition) is 0. The molecule has 0 nitrogen and oxygen atoms in total. The molecule has 0 unspecified atom stereocenters. The summed E-state index contributed by atoms with van der Waals surface area (Å²) in [7, 11) is 0. The van der Waals surface area contributed by atoms with E-state index >= 15 is 0 Å². The maximum Gasteiger partial charge on any atom is 0.335 e. The summed E-state index contributed by atoms with van der Waals surface area (Å²) in [5.74, 6) is -8.42. The Labute approximate surface area is 92.0 Å². The fraction of sp³-hybridized carbons (Fsp3) is 0.667. The third-order valence-corrected chi connectivity index (χ3v) is 3.41. The van der Waals surface area contributed by atoms with Crippen molar-refractivity contribution in [3.8, 4) is 0 Å². The normalized spacial score (nSPS) is 28.9. The zero-order valence-corrected chi connectivity index (χ0v) is 8.86. The first-order valence-corrected chi connectivity index (χ1v) is 5.61. The van der Waals surface area contributed by atoms with E-state index in [1.54, 1.807) is 0 Å². The van der Waals surface area contributed by atoms with E-state index in [4.69, 9.17) is 0 Å². The lowest BCUT2D eigenvalue weighted by Crippen LogP contribution is -2.44. The van der Waals surface area contributed by atoms with Crippen molar-refractivity contribution in [1.29, 1.82) is 0 Å². The highest BCUT2D eigenvalue weighted by Gasteiger charge is 2.59. The predicted octanol–water partition coefficient (Wildman–Crippen LogP) is 4.33. The Morgan fingerprint density at radius 3 is 2.25 bits per heavy atom. The molecule has 2 rings (SSSR count). The molecular weight excluding hydrogens is 220 g/mol. The molecule has 0 N–H and O–H groups in total. The molecule has 2 aliphatic rings. The van der Waals surface area contributed by atoms with Crippen LogP contribution in [0.5, 0.6) is 0 Å². The molecule has 16 heavy (non-hydrogen) atoms. The monoisotopic (exact) mass is 234 g/mol. The first-order valence-electron chi connectivity index (χ1n) is 5.61. The summed E-state index contributed by atoms with van der Waals surface area (Å²) in [4.78, 5) is 0. The fourth-order valence-corrected chi connectivity index (χ4v) is 2.48.